The zero-order valence-electron chi connectivity index (χ0n) is 9.73. The van der Waals surface area contributed by atoms with Crippen LogP contribution in [0.15, 0.2) is 18.2 Å². The highest BCUT2D eigenvalue weighted by atomic mass is 16.4. The number of anilines is 1. The molecule has 0 heterocycles. The average molecular weight is 237 g/mol. The molecule has 92 valence electrons. The Kier molecular flexibility index (Phi) is 4.09. The quantitative estimate of drug-likeness (QED) is 0.700. The van der Waals surface area contributed by atoms with Crippen molar-refractivity contribution in [2.75, 3.05) is 5.32 Å². The predicted octanol–water partition coefficient (Wildman–Crippen LogP) is 2.07. The van der Waals surface area contributed by atoms with E-state index in [9.17, 15) is 14.7 Å². The van der Waals surface area contributed by atoms with Gasteiger partial charge in [-0.2, -0.15) is 0 Å². The van der Waals surface area contributed by atoms with Gasteiger partial charge >= 0.3 is 5.97 Å². The summed E-state index contributed by atoms with van der Waals surface area (Å²) in [6, 6.07) is 3.75. The summed E-state index contributed by atoms with van der Waals surface area (Å²) in [5.41, 5.74) is 0.137. The Morgan fingerprint density at radius 2 is 2.00 bits per heavy atom. The minimum atomic E-state index is -1.11. The van der Waals surface area contributed by atoms with E-state index in [0.29, 0.717) is 6.42 Å². The van der Waals surface area contributed by atoms with Gasteiger partial charge in [0.25, 0.3) is 0 Å². The van der Waals surface area contributed by atoms with Crippen molar-refractivity contribution in [2.45, 2.75) is 20.3 Å². The summed E-state index contributed by atoms with van der Waals surface area (Å²) >= 11 is 0. The zero-order chi connectivity index (χ0) is 13.0. The first kappa shape index (κ1) is 13.0. The highest BCUT2D eigenvalue weighted by Crippen LogP contribution is 2.24. The van der Waals surface area contributed by atoms with Crippen LogP contribution in [0.3, 0.4) is 0 Å². The molecule has 1 rings (SSSR count). The number of carboxylic acid groups (broad SMARTS) is 1. The number of benzene rings is 1. The maximum Gasteiger partial charge on any atom is 0.335 e. The molecule has 1 amide bonds. The number of rotatable bonds is 4. The van der Waals surface area contributed by atoms with Crippen LogP contribution in [-0.2, 0) is 4.79 Å². The molecule has 0 aliphatic heterocycles. The van der Waals surface area contributed by atoms with Gasteiger partial charge in [-0.1, -0.05) is 13.8 Å². The van der Waals surface area contributed by atoms with Crippen LogP contribution in [0.5, 0.6) is 5.75 Å². The van der Waals surface area contributed by atoms with Gasteiger partial charge in [-0.25, -0.2) is 4.79 Å². The molecule has 0 saturated heterocycles. The van der Waals surface area contributed by atoms with Gasteiger partial charge in [0.2, 0.25) is 5.91 Å². The summed E-state index contributed by atoms with van der Waals surface area (Å²) in [6.07, 6.45) is 0.316. The minimum Gasteiger partial charge on any atom is -0.506 e. The van der Waals surface area contributed by atoms with E-state index in [0.717, 1.165) is 0 Å². The number of aromatic carboxylic acids is 1. The Balaban J connectivity index is 2.86. The zero-order valence-corrected chi connectivity index (χ0v) is 9.73. The first-order chi connectivity index (χ1) is 7.90. The Labute approximate surface area is 99.1 Å². The second-order valence-electron chi connectivity index (χ2n) is 4.18. The number of phenolic OH excluding ortho intramolecular Hbond substituents is 1. The lowest BCUT2D eigenvalue weighted by Gasteiger charge is -2.09. The van der Waals surface area contributed by atoms with E-state index in [1.807, 2.05) is 13.8 Å². The molecule has 0 aromatic heterocycles. The fraction of sp³-hybridized carbons (Fsp3) is 0.333. The van der Waals surface area contributed by atoms with Crippen molar-refractivity contribution in [3.63, 3.8) is 0 Å². The van der Waals surface area contributed by atoms with Crippen molar-refractivity contribution in [1.29, 1.82) is 0 Å². The van der Waals surface area contributed by atoms with E-state index in [4.69, 9.17) is 5.11 Å². The largest absolute Gasteiger partial charge is 0.506 e. The summed E-state index contributed by atoms with van der Waals surface area (Å²) in [4.78, 5) is 22.2. The lowest BCUT2D eigenvalue weighted by molar-refractivity contribution is -0.116. The molecule has 17 heavy (non-hydrogen) atoms. The minimum absolute atomic E-state index is 0.0163. The van der Waals surface area contributed by atoms with Crippen LogP contribution < -0.4 is 5.32 Å². The Hall–Kier alpha value is -2.04. The highest BCUT2D eigenvalue weighted by Gasteiger charge is 2.11. The number of hydrogen-bond acceptors (Lipinski definition) is 3. The molecular formula is C12H15NO4. The van der Waals surface area contributed by atoms with Gasteiger partial charge in [-0.15, -0.1) is 0 Å². The summed E-state index contributed by atoms with van der Waals surface area (Å²) in [5.74, 6) is -1.31. The van der Waals surface area contributed by atoms with Gasteiger partial charge in [-0.3, -0.25) is 4.79 Å². The van der Waals surface area contributed by atoms with Crippen LogP contribution in [0.25, 0.3) is 0 Å². The van der Waals surface area contributed by atoms with Crippen molar-refractivity contribution in [3.05, 3.63) is 23.8 Å². The molecule has 0 bridgehead atoms. The van der Waals surface area contributed by atoms with Gasteiger partial charge in [0.15, 0.2) is 0 Å². The molecule has 0 radical (unpaired) electrons. The van der Waals surface area contributed by atoms with Gasteiger partial charge in [0, 0.05) is 6.42 Å². The molecule has 0 fully saturated rings. The number of carboxylic acids is 1. The summed E-state index contributed by atoms with van der Waals surface area (Å²) in [5, 5.41) is 20.8. The van der Waals surface area contributed by atoms with E-state index in [1.165, 1.54) is 18.2 Å². The number of carbonyl (C=O) groups is 2. The van der Waals surface area contributed by atoms with Crippen LogP contribution in [0.4, 0.5) is 5.69 Å². The highest BCUT2D eigenvalue weighted by molar-refractivity contribution is 5.95. The van der Waals surface area contributed by atoms with Crippen LogP contribution in [0.1, 0.15) is 30.6 Å². The fourth-order valence-electron chi connectivity index (χ4n) is 1.34. The molecule has 0 aliphatic rings. The first-order valence-corrected chi connectivity index (χ1v) is 5.26. The summed E-state index contributed by atoms with van der Waals surface area (Å²) in [6.45, 7) is 3.79. The van der Waals surface area contributed by atoms with E-state index in [2.05, 4.69) is 5.32 Å². The number of hydrogen-bond donors (Lipinski definition) is 3. The third-order valence-electron chi connectivity index (χ3n) is 2.11. The van der Waals surface area contributed by atoms with E-state index < -0.39 is 5.97 Å². The molecule has 0 saturated carbocycles. The van der Waals surface area contributed by atoms with E-state index in [-0.39, 0.29) is 28.8 Å². The number of carbonyl (C=O) groups excluding carboxylic acids is 1. The number of amides is 1. The van der Waals surface area contributed by atoms with Crippen molar-refractivity contribution in [2.24, 2.45) is 5.92 Å². The molecule has 5 heteroatoms. The van der Waals surface area contributed by atoms with Crippen molar-refractivity contribution >= 4 is 17.6 Å². The third-order valence-corrected chi connectivity index (χ3v) is 2.11. The molecule has 0 spiro atoms. The first-order valence-electron chi connectivity index (χ1n) is 5.26. The SMILES string of the molecule is CC(C)CC(=O)Nc1cc(C(=O)O)ccc1O. The van der Waals surface area contributed by atoms with Crippen molar-refractivity contribution in [1.82, 2.24) is 0 Å². The standard InChI is InChI=1S/C12H15NO4/c1-7(2)5-11(15)13-9-6-8(12(16)17)3-4-10(9)14/h3-4,6-7,14H,5H2,1-2H3,(H,13,15)(H,16,17). The van der Waals surface area contributed by atoms with Crippen LogP contribution in [0.2, 0.25) is 0 Å². The van der Waals surface area contributed by atoms with Crippen LogP contribution in [-0.4, -0.2) is 22.1 Å². The van der Waals surface area contributed by atoms with E-state index >= 15 is 0 Å². The second kappa shape index (κ2) is 5.34. The Morgan fingerprint density at radius 1 is 1.35 bits per heavy atom. The maximum absolute atomic E-state index is 11.5. The number of nitrogens with one attached hydrogen (secondary N) is 1. The molecule has 0 atom stereocenters. The lowest BCUT2D eigenvalue weighted by atomic mass is 10.1. The molecule has 3 N–H and O–H groups in total. The van der Waals surface area contributed by atoms with Crippen molar-refractivity contribution < 1.29 is 19.8 Å². The predicted molar refractivity (Wildman–Crippen MR) is 63.2 cm³/mol. The molecule has 0 unspecified atom stereocenters. The van der Waals surface area contributed by atoms with Crippen LogP contribution >= 0.6 is 0 Å². The molecule has 1 aromatic rings. The van der Waals surface area contributed by atoms with E-state index in [1.54, 1.807) is 0 Å². The summed E-state index contributed by atoms with van der Waals surface area (Å²) in [7, 11) is 0. The lowest BCUT2D eigenvalue weighted by Crippen LogP contribution is -2.14. The van der Waals surface area contributed by atoms with Gasteiger partial charge < -0.3 is 15.5 Å². The fourth-order valence-corrected chi connectivity index (χ4v) is 1.34. The summed E-state index contributed by atoms with van der Waals surface area (Å²) < 4.78 is 0. The number of phenols is 1. The molecule has 5 nitrogen and oxygen atoms in total. The Morgan fingerprint density at radius 3 is 2.53 bits per heavy atom. The molecule has 1 aromatic carbocycles. The average Bonchev–Trinajstić information content (AvgIpc) is 2.19. The van der Waals surface area contributed by atoms with Gasteiger partial charge in [0.05, 0.1) is 11.3 Å². The Bertz CT molecular complexity index is 440. The smallest absolute Gasteiger partial charge is 0.335 e. The third kappa shape index (κ3) is 3.79. The van der Waals surface area contributed by atoms with Gasteiger partial charge in [0.1, 0.15) is 5.75 Å². The normalized spacial score (nSPS) is 10.3. The topological polar surface area (TPSA) is 86.6 Å². The number of aromatic hydroxyl groups is 1. The molecule has 0 aliphatic carbocycles. The molecular weight excluding hydrogens is 222 g/mol. The maximum atomic E-state index is 11.5. The van der Waals surface area contributed by atoms with Crippen LogP contribution in [0, 0.1) is 5.92 Å². The monoisotopic (exact) mass is 237 g/mol. The van der Waals surface area contributed by atoms with Crippen molar-refractivity contribution in [3.8, 4) is 5.75 Å². The van der Waals surface area contributed by atoms with Gasteiger partial charge in [-0.05, 0) is 24.1 Å². The second-order valence-corrected chi connectivity index (χ2v) is 4.18.